The van der Waals surface area contributed by atoms with E-state index in [1.54, 1.807) is 6.29 Å². The molecule has 0 aromatic carbocycles. The van der Waals surface area contributed by atoms with E-state index in [2.05, 4.69) is 0 Å². The summed E-state index contributed by atoms with van der Waals surface area (Å²) in [6, 6.07) is 0. The minimum Gasteiger partial charge on any atom is -0.542 e. The van der Waals surface area contributed by atoms with Gasteiger partial charge in [-0.25, -0.2) is 0 Å². The van der Waals surface area contributed by atoms with Crippen molar-refractivity contribution in [3.8, 4) is 0 Å². The van der Waals surface area contributed by atoms with Gasteiger partial charge in [0, 0.05) is 27.5 Å². The average molecular weight is 308 g/mol. The Kier molecular flexibility index (Phi) is 10.5. The molecule has 9 heavy (non-hydrogen) atoms. The van der Waals surface area contributed by atoms with E-state index in [0.29, 0.717) is 19.3 Å². The average Bonchev–Trinajstić information content (AvgIpc) is 1.66. The van der Waals surface area contributed by atoms with Crippen LogP contribution in [0.4, 0.5) is 0 Å². The second kappa shape index (κ2) is 8.03. The molecule has 0 fully saturated rings. The van der Waals surface area contributed by atoms with Crippen LogP contribution in [0, 0.1) is 0 Å². The van der Waals surface area contributed by atoms with Gasteiger partial charge in [0.1, 0.15) is 5.78 Å². The first-order valence-corrected chi connectivity index (χ1v) is 2.62. The standard InChI is InChI=1S/C6H9O2.Pt/c1-6(8)4-2-3-5-7;/h2-4H2,1H3;/q-1;. The number of unbranched alkanes of at least 4 members (excludes halogenated alkanes) is 1. The quantitative estimate of drug-likeness (QED) is 0.570. The molecule has 3 heteroatoms. The van der Waals surface area contributed by atoms with Crippen LogP contribution < -0.4 is 0 Å². The largest absolute Gasteiger partial charge is 0.542 e. The summed E-state index contributed by atoms with van der Waals surface area (Å²) in [4.78, 5) is 19.7. The Labute approximate surface area is 69.3 Å². The fourth-order valence-electron chi connectivity index (χ4n) is 0.410. The smallest absolute Gasteiger partial charge is 0.129 e. The van der Waals surface area contributed by atoms with Crippen LogP contribution in [0.5, 0.6) is 0 Å². The van der Waals surface area contributed by atoms with Crippen LogP contribution in [0.15, 0.2) is 0 Å². The molecule has 0 aliphatic rings. The van der Waals surface area contributed by atoms with E-state index < -0.39 is 0 Å². The van der Waals surface area contributed by atoms with Gasteiger partial charge in [-0.15, -0.1) is 0 Å². The number of hydrogen-bond donors (Lipinski definition) is 0. The molecule has 0 bridgehead atoms. The second-order valence-electron chi connectivity index (χ2n) is 1.70. The van der Waals surface area contributed by atoms with Gasteiger partial charge in [0.2, 0.25) is 0 Å². The Morgan fingerprint density at radius 2 is 2.11 bits per heavy atom. The third kappa shape index (κ3) is 11.5. The van der Waals surface area contributed by atoms with Gasteiger partial charge in [0.25, 0.3) is 0 Å². The zero-order chi connectivity index (χ0) is 6.41. The number of carbonyl (C=O) groups is 1. The van der Waals surface area contributed by atoms with Crippen LogP contribution >= 0.6 is 0 Å². The minimum atomic E-state index is 0. The van der Waals surface area contributed by atoms with Gasteiger partial charge < -0.3 is 9.59 Å². The SMILES string of the molecule is CC(=O)CCC[C-]=O.[Pt]. The molecule has 0 radical (unpaired) electrons. The van der Waals surface area contributed by atoms with E-state index in [0.717, 1.165) is 0 Å². The molecule has 0 rings (SSSR count). The van der Waals surface area contributed by atoms with Crippen LogP contribution in [-0.4, -0.2) is 12.1 Å². The summed E-state index contributed by atoms with van der Waals surface area (Å²) >= 11 is 0. The van der Waals surface area contributed by atoms with E-state index in [-0.39, 0.29) is 26.8 Å². The second-order valence-corrected chi connectivity index (χ2v) is 1.70. The maximum absolute atomic E-state index is 10.2. The molecule has 0 saturated heterocycles. The fraction of sp³-hybridized carbons (Fsp3) is 0.667. The summed E-state index contributed by atoms with van der Waals surface area (Å²) in [7, 11) is 0. The predicted octanol–water partition coefficient (Wildman–Crippen LogP) is 0.853. The predicted molar refractivity (Wildman–Crippen MR) is 30.2 cm³/mol. The summed E-state index contributed by atoms with van der Waals surface area (Å²) < 4.78 is 0. The number of Topliss-reactive ketones (excluding diaryl/α,β-unsaturated/α-hetero) is 1. The van der Waals surface area contributed by atoms with Crippen molar-refractivity contribution in [2.75, 3.05) is 0 Å². The summed E-state index contributed by atoms with van der Waals surface area (Å²) in [5.41, 5.74) is 0. The molecule has 0 unspecified atom stereocenters. The van der Waals surface area contributed by atoms with Crippen molar-refractivity contribution in [3.05, 3.63) is 0 Å². The molecular weight excluding hydrogens is 299 g/mol. The fourth-order valence-corrected chi connectivity index (χ4v) is 0.410. The molecule has 0 aliphatic carbocycles. The topological polar surface area (TPSA) is 34.1 Å². The van der Waals surface area contributed by atoms with Gasteiger partial charge in [-0.2, -0.15) is 6.42 Å². The first kappa shape index (κ1) is 11.8. The molecule has 0 spiro atoms. The van der Waals surface area contributed by atoms with Crippen LogP contribution in [0.2, 0.25) is 0 Å². The van der Waals surface area contributed by atoms with E-state index in [4.69, 9.17) is 0 Å². The zero-order valence-corrected chi connectivity index (χ0v) is 7.53. The van der Waals surface area contributed by atoms with E-state index in [1.807, 2.05) is 0 Å². The molecule has 0 aliphatic heterocycles. The molecule has 0 aromatic heterocycles. The van der Waals surface area contributed by atoms with E-state index >= 15 is 0 Å². The van der Waals surface area contributed by atoms with Crippen LogP contribution in [0.25, 0.3) is 0 Å². The third-order valence-electron chi connectivity index (χ3n) is 0.808. The van der Waals surface area contributed by atoms with Crippen molar-refractivity contribution < 1.29 is 30.7 Å². The molecule has 0 aromatic rings. The molecule has 0 atom stereocenters. The maximum atomic E-state index is 10.2. The van der Waals surface area contributed by atoms with Crippen molar-refractivity contribution in [3.63, 3.8) is 0 Å². The zero-order valence-electron chi connectivity index (χ0n) is 5.25. The first-order chi connectivity index (χ1) is 3.77. The Hall–Kier alpha value is 0.0283. The Balaban J connectivity index is 0. The van der Waals surface area contributed by atoms with Gasteiger partial charge in [0.15, 0.2) is 0 Å². The van der Waals surface area contributed by atoms with Crippen molar-refractivity contribution in [1.29, 1.82) is 0 Å². The Bertz CT molecular complexity index is 91.1. The minimum absolute atomic E-state index is 0. The summed E-state index contributed by atoms with van der Waals surface area (Å²) in [5.74, 6) is 0.139. The molecular formula is C6H9O2Pt-. The van der Waals surface area contributed by atoms with Crippen molar-refractivity contribution in [2.45, 2.75) is 26.2 Å². The molecule has 56 valence electrons. The molecule has 0 N–H and O–H groups in total. The number of ketones is 1. The normalized spacial score (nSPS) is 7.67. The monoisotopic (exact) mass is 308 g/mol. The Morgan fingerprint density at radius 1 is 1.56 bits per heavy atom. The number of carbonyl (C=O) groups excluding carboxylic acids is 2. The van der Waals surface area contributed by atoms with Crippen molar-refractivity contribution >= 4 is 12.1 Å². The van der Waals surface area contributed by atoms with Crippen LogP contribution in [0.1, 0.15) is 26.2 Å². The maximum Gasteiger partial charge on any atom is 0.129 e. The third-order valence-corrected chi connectivity index (χ3v) is 0.808. The molecule has 2 nitrogen and oxygen atoms in total. The first-order valence-electron chi connectivity index (χ1n) is 2.62. The van der Waals surface area contributed by atoms with Gasteiger partial charge >= 0.3 is 0 Å². The van der Waals surface area contributed by atoms with Gasteiger partial charge in [-0.05, 0) is 6.92 Å². The van der Waals surface area contributed by atoms with Crippen LogP contribution in [0.3, 0.4) is 0 Å². The van der Waals surface area contributed by atoms with Gasteiger partial charge in [0.05, 0.1) is 0 Å². The van der Waals surface area contributed by atoms with E-state index in [9.17, 15) is 9.59 Å². The van der Waals surface area contributed by atoms with Gasteiger partial charge in [-0.3, -0.25) is 6.29 Å². The summed E-state index contributed by atoms with van der Waals surface area (Å²) in [5, 5.41) is 0. The van der Waals surface area contributed by atoms with Crippen LogP contribution in [-0.2, 0) is 30.7 Å². The molecule has 0 amide bonds. The summed E-state index contributed by atoms with van der Waals surface area (Å²) in [6.45, 7) is 1.52. The van der Waals surface area contributed by atoms with Gasteiger partial charge in [-0.1, -0.05) is 6.42 Å². The molecule has 0 saturated carbocycles. The summed E-state index contributed by atoms with van der Waals surface area (Å²) in [6.07, 6.45) is 3.27. The number of rotatable bonds is 4. The number of hydrogen-bond acceptors (Lipinski definition) is 2. The van der Waals surface area contributed by atoms with Crippen molar-refractivity contribution in [2.24, 2.45) is 0 Å². The van der Waals surface area contributed by atoms with Crippen molar-refractivity contribution in [1.82, 2.24) is 0 Å². The molecule has 0 heterocycles. The Morgan fingerprint density at radius 3 is 2.44 bits per heavy atom. The van der Waals surface area contributed by atoms with E-state index in [1.165, 1.54) is 6.92 Å².